The summed E-state index contributed by atoms with van der Waals surface area (Å²) in [5.74, 6) is -1.05. The molecule has 146 valence electrons. The molecule has 0 heterocycles. The Kier molecular flexibility index (Phi) is 6.06. The van der Waals surface area contributed by atoms with Crippen LogP contribution in [0.15, 0.2) is 60.0 Å². The molecule has 2 aromatic rings. The lowest BCUT2D eigenvalue weighted by Crippen LogP contribution is -2.24. The minimum atomic E-state index is -3.75. The van der Waals surface area contributed by atoms with Crippen LogP contribution in [0.4, 0.5) is 0 Å². The van der Waals surface area contributed by atoms with Crippen LogP contribution in [-0.4, -0.2) is 33.3 Å². The third-order valence-corrected chi connectivity index (χ3v) is 5.97. The second-order valence-electron chi connectivity index (χ2n) is 6.50. The second-order valence-corrected chi connectivity index (χ2v) is 8.27. The molecule has 0 bridgehead atoms. The minimum Gasteiger partial charge on any atom is -0.454 e. The summed E-state index contributed by atoms with van der Waals surface area (Å²) < 4.78 is 31.7. The van der Waals surface area contributed by atoms with E-state index in [1.54, 1.807) is 6.07 Å². The van der Waals surface area contributed by atoms with Gasteiger partial charge in [0.05, 0.1) is 10.5 Å². The number of carbonyl (C=O) groups is 2. The van der Waals surface area contributed by atoms with E-state index in [1.165, 1.54) is 41.5 Å². The predicted octanol–water partition coefficient (Wildman–Crippen LogP) is 2.68. The van der Waals surface area contributed by atoms with Gasteiger partial charge in [-0.3, -0.25) is 4.79 Å². The van der Waals surface area contributed by atoms with E-state index in [9.17, 15) is 18.0 Å². The maximum atomic E-state index is 12.3. The summed E-state index contributed by atoms with van der Waals surface area (Å²) in [6, 6.07) is 11.0. The second kappa shape index (κ2) is 8.50. The van der Waals surface area contributed by atoms with Gasteiger partial charge in [-0.25, -0.2) is 17.9 Å². The van der Waals surface area contributed by atoms with Crippen molar-refractivity contribution in [2.45, 2.75) is 24.2 Å². The quantitative estimate of drug-likeness (QED) is 0.419. The Morgan fingerprint density at radius 3 is 2.64 bits per heavy atom. The number of ketones is 1. The largest absolute Gasteiger partial charge is 0.454 e. The van der Waals surface area contributed by atoms with Gasteiger partial charge in [-0.2, -0.15) is 0 Å². The first-order chi connectivity index (χ1) is 13.4. The molecule has 0 spiro atoms. The molecule has 6 nitrogen and oxygen atoms in total. The molecule has 1 N–H and O–H groups in total. The number of hydrogen-bond donors (Lipinski definition) is 1. The summed E-state index contributed by atoms with van der Waals surface area (Å²) >= 11 is 0. The average molecular weight is 399 g/mol. The van der Waals surface area contributed by atoms with Crippen LogP contribution in [0, 0.1) is 0 Å². The van der Waals surface area contributed by atoms with Gasteiger partial charge in [-0.15, -0.1) is 6.58 Å². The molecule has 2 aromatic carbocycles. The topological polar surface area (TPSA) is 89.5 Å². The zero-order valence-electron chi connectivity index (χ0n) is 15.3. The normalized spacial score (nSPS) is 13.0. The van der Waals surface area contributed by atoms with E-state index in [0.717, 1.165) is 19.3 Å². The van der Waals surface area contributed by atoms with Gasteiger partial charge < -0.3 is 4.74 Å². The van der Waals surface area contributed by atoms with E-state index in [4.69, 9.17) is 4.74 Å². The van der Waals surface area contributed by atoms with E-state index in [-0.39, 0.29) is 22.8 Å². The summed E-state index contributed by atoms with van der Waals surface area (Å²) in [6.07, 6.45) is 4.49. The number of rotatable bonds is 8. The highest BCUT2D eigenvalue weighted by molar-refractivity contribution is 7.89. The van der Waals surface area contributed by atoms with Gasteiger partial charge in [0.25, 0.3) is 0 Å². The zero-order valence-corrected chi connectivity index (χ0v) is 16.1. The van der Waals surface area contributed by atoms with Crippen molar-refractivity contribution in [1.29, 1.82) is 0 Å². The smallest absolute Gasteiger partial charge is 0.338 e. The Bertz CT molecular complexity index is 1030. The van der Waals surface area contributed by atoms with Gasteiger partial charge in [0, 0.05) is 12.1 Å². The molecule has 0 atom stereocenters. The van der Waals surface area contributed by atoms with E-state index < -0.39 is 22.6 Å². The number of hydrogen-bond acceptors (Lipinski definition) is 5. The monoisotopic (exact) mass is 399 g/mol. The van der Waals surface area contributed by atoms with Gasteiger partial charge in [0.15, 0.2) is 12.4 Å². The molecule has 0 unspecified atom stereocenters. The Morgan fingerprint density at radius 2 is 1.86 bits per heavy atom. The van der Waals surface area contributed by atoms with Crippen molar-refractivity contribution in [3.8, 4) is 0 Å². The maximum Gasteiger partial charge on any atom is 0.338 e. The molecule has 0 amide bonds. The van der Waals surface area contributed by atoms with Gasteiger partial charge in [0.2, 0.25) is 10.0 Å². The number of nitrogens with one attached hydrogen (secondary N) is 1. The van der Waals surface area contributed by atoms with Crippen LogP contribution in [0.3, 0.4) is 0 Å². The van der Waals surface area contributed by atoms with Crippen LogP contribution in [0.1, 0.15) is 38.3 Å². The molecule has 0 fully saturated rings. The van der Waals surface area contributed by atoms with Crippen LogP contribution in [0.5, 0.6) is 0 Å². The molecule has 1 aliphatic rings. The molecule has 0 aromatic heterocycles. The molecule has 0 radical (unpaired) electrons. The summed E-state index contributed by atoms with van der Waals surface area (Å²) in [5.41, 5.74) is 3.00. The highest BCUT2D eigenvalue weighted by atomic mass is 32.2. The van der Waals surface area contributed by atoms with Crippen LogP contribution in [0.25, 0.3) is 0 Å². The van der Waals surface area contributed by atoms with Gasteiger partial charge in [-0.05, 0) is 54.7 Å². The lowest BCUT2D eigenvalue weighted by Gasteiger charge is -2.08. The molecule has 28 heavy (non-hydrogen) atoms. The van der Waals surface area contributed by atoms with Crippen LogP contribution in [-0.2, 0) is 27.6 Å². The third kappa shape index (κ3) is 4.55. The lowest BCUT2D eigenvalue weighted by atomic mass is 10.0. The Balaban J connectivity index is 1.66. The van der Waals surface area contributed by atoms with Crippen molar-refractivity contribution in [2.24, 2.45) is 0 Å². The molecule has 1 aliphatic carbocycles. The number of benzene rings is 2. The Morgan fingerprint density at radius 1 is 1.07 bits per heavy atom. The molecular formula is C21H21NO5S. The molecule has 0 saturated carbocycles. The fourth-order valence-electron chi connectivity index (χ4n) is 3.09. The van der Waals surface area contributed by atoms with Crippen LogP contribution >= 0.6 is 0 Å². The predicted molar refractivity (Wildman–Crippen MR) is 105 cm³/mol. The van der Waals surface area contributed by atoms with E-state index >= 15 is 0 Å². The van der Waals surface area contributed by atoms with Crippen molar-refractivity contribution in [2.75, 3.05) is 13.2 Å². The first-order valence-electron chi connectivity index (χ1n) is 8.93. The fourth-order valence-corrected chi connectivity index (χ4v) is 4.13. The zero-order chi connectivity index (χ0) is 20.1. The van der Waals surface area contributed by atoms with E-state index in [0.29, 0.717) is 5.56 Å². The Labute approximate surface area is 164 Å². The number of ether oxygens (including phenoxy) is 1. The number of aryl methyl sites for hydroxylation is 2. The first-order valence-corrected chi connectivity index (χ1v) is 10.4. The summed E-state index contributed by atoms with van der Waals surface area (Å²) in [7, 11) is -3.75. The highest BCUT2D eigenvalue weighted by Gasteiger charge is 2.18. The highest BCUT2D eigenvalue weighted by Crippen LogP contribution is 2.23. The van der Waals surface area contributed by atoms with Crippen molar-refractivity contribution >= 4 is 21.8 Å². The summed E-state index contributed by atoms with van der Waals surface area (Å²) in [5, 5.41) is 0. The maximum absolute atomic E-state index is 12.3. The van der Waals surface area contributed by atoms with E-state index in [2.05, 4.69) is 11.3 Å². The number of carbonyl (C=O) groups excluding carboxylic acids is 2. The lowest BCUT2D eigenvalue weighted by molar-refractivity contribution is 0.0474. The standard InChI is InChI=1S/C21H21NO5S/c1-2-11-22-28(25,26)19-8-4-7-18(13-19)21(24)27-14-20(23)17-10-9-15-5-3-6-16(15)12-17/h2,4,7-10,12-13,22H,1,3,5-6,11,14H2. The van der Waals surface area contributed by atoms with Crippen molar-refractivity contribution in [3.63, 3.8) is 0 Å². The average Bonchev–Trinajstić information content (AvgIpc) is 3.18. The van der Waals surface area contributed by atoms with Crippen molar-refractivity contribution in [1.82, 2.24) is 4.72 Å². The summed E-state index contributed by atoms with van der Waals surface area (Å²) in [4.78, 5) is 24.5. The minimum absolute atomic E-state index is 0.0585. The van der Waals surface area contributed by atoms with E-state index in [1.807, 2.05) is 12.1 Å². The molecule has 7 heteroatoms. The van der Waals surface area contributed by atoms with Gasteiger partial charge in [0.1, 0.15) is 0 Å². The van der Waals surface area contributed by atoms with Gasteiger partial charge in [-0.1, -0.05) is 24.3 Å². The van der Waals surface area contributed by atoms with Crippen LogP contribution < -0.4 is 4.72 Å². The number of esters is 1. The first kappa shape index (κ1) is 20.0. The summed E-state index contributed by atoms with van der Waals surface area (Å²) in [6.45, 7) is 3.13. The van der Waals surface area contributed by atoms with Crippen LogP contribution in [0.2, 0.25) is 0 Å². The van der Waals surface area contributed by atoms with Crippen molar-refractivity contribution < 1.29 is 22.7 Å². The number of sulfonamides is 1. The fraction of sp³-hybridized carbons (Fsp3) is 0.238. The molecular weight excluding hydrogens is 378 g/mol. The molecule has 3 rings (SSSR count). The molecule has 0 aliphatic heterocycles. The third-order valence-electron chi connectivity index (χ3n) is 4.55. The van der Waals surface area contributed by atoms with Gasteiger partial charge >= 0.3 is 5.97 Å². The molecule has 0 saturated heterocycles. The van der Waals surface area contributed by atoms with Crippen molar-refractivity contribution in [3.05, 3.63) is 77.4 Å². The Hall–Kier alpha value is -2.77. The number of Topliss-reactive ketones (excluding diaryl/α,β-unsaturated/α-hetero) is 1. The number of fused-ring (bicyclic) bond motifs is 1. The SMILES string of the molecule is C=CCNS(=O)(=O)c1cccc(C(=O)OCC(=O)c2ccc3c(c2)CCC3)c1.